The lowest BCUT2D eigenvalue weighted by Crippen LogP contribution is -3.06. The van der Waals surface area contributed by atoms with Crippen molar-refractivity contribution in [3.05, 3.63) is 59.2 Å². The van der Waals surface area contributed by atoms with Crippen LogP contribution in [0.15, 0.2) is 42.5 Å². The van der Waals surface area contributed by atoms with E-state index in [1.165, 1.54) is 10.5 Å². The Labute approximate surface area is 159 Å². The highest BCUT2D eigenvalue weighted by Crippen LogP contribution is 2.30. The van der Waals surface area contributed by atoms with Gasteiger partial charge in [-0.15, -0.1) is 0 Å². The smallest absolute Gasteiger partial charge is 0.260 e. The minimum Gasteiger partial charge on any atom is -0.338 e. The van der Waals surface area contributed by atoms with E-state index in [4.69, 9.17) is 4.98 Å². The highest BCUT2D eigenvalue weighted by Gasteiger charge is 2.22. The van der Waals surface area contributed by atoms with Gasteiger partial charge >= 0.3 is 0 Å². The van der Waals surface area contributed by atoms with E-state index in [0.29, 0.717) is 12.1 Å². The predicted octanol–water partition coefficient (Wildman–Crippen LogP) is 2.96. The average molecular weight is 369 g/mol. The van der Waals surface area contributed by atoms with E-state index in [1.807, 2.05) is 36.1 Å². The van der Waals surface area contributed by atoms with Crippen molar-refractivity contribution in [2.75, 3.05) is 32.1 Å². The van der Waals surface area contributed by atoms with Crippen molar-refractivity contribution in [2.45, 2.75) is 20.3 Å². The summed E-state index contributed by atoms with van der Waals surface area (Å²) in [5, 5.41) is 0.779. The van der Waals surface area contributed by atoms with Gasteiger partial charge in [-0.1, -0.05) is 42.0 Å². The molecule has 1 heterocycles. The Balaban J connectivity index is 1.98. The molecule has 1 N–H and O–H groups in total. The Morgan fingerprint density at radius 3 is 2.69 bits per heavy atom. The van der Waals surface area contributed by atoms with Crippen LogP contribution < -0.4 is 9.80 Å². The van der Waals surface area contributed by atoms with Gasteiger partial charge in [0.15, 0.2) is 5.13 Å². The number of likely N-dealkylation sites (N-methyl/N-ethyl adjacent to an activating group) is 1. The molecule has 0 aliphatic rings. The topological polar surface area (TPSA) is 37.6 Å². The second-order valence-electron chi connectivity index (χ2n) is 6.94. The molecule has 3 aromatic rings. The van der Waals surface area contributed by atoms with Gasteiger partial charge in [0.2, 0.25) is 0 Å². The number of nitrogens with zero attached hydrogens (tertiary/aromatic N) is 2. The zero-order chi connectivity index (χ0) is 18.7. The number of aromatic nitrogens is 1. The molecule has 1 amide bonds. The van der Waals surface area contributed by atoms with Gasteiger partial charge in [0.25, 0.3) is 5.91 Å². The van der Waals surface area contributed by atoms with E-state index in [-0.39, 0.29) is 5.91 Å². The van der Waals surface area contributed by atoms with Crippen LogP contribution in [0.2, 0.25) is 0 Å². The molecule has 136 valence electrons. The number of rotatable bonds is 6. The molecule has 0 saturated heterocycles. The van der Waals surface area contributed by atoms with Gasteiger partial charge in [-0.05, 0) is 43.2 Å². The van der Waals surface area contributed by atoms with Crippen LogP contribution in [0.4, 0.5) is 5.13 Å². The quantitative estimate of drug-likeness (QED) is 0.726. The zero-order valence-electron chi connectivity index (χ0n) is 15.9. The van der Waals surface area contributed by atoms with Gasteiger partial charge < -0.3 is 4.90 Å². The molecule has 3 rings (SSSR count). The molecule has 0 aliphatic heterocycles. The van der Waals surface area contributed by atoms with Crippen LogP contribution in [0, 0.1) is 6.92 Å². The van der Waals surface area contributed by atoms with Gasteiger partial charge in [-0.2, -0.15) is 0 Å². The zero-order valence-corrected chi connectivity index (χ0v) is 16.7. The molecule has 0 aliphatic carbocycles. The summed E-state index contributed by atoms with van der Waals surface area (Å²) in [6.45, 7) is 5.68. The molecule has 0 atom stereocenters. The Morgan fingerprint density at radius 1 is 1.19 bits per heavy atom. The van der Waals surface area contributed by atoms with E-state index in [1.54, 1.807) is 11.3 Å². The highest BCUT2D eigenvalue weighted by atomic mass is 32.1. The molecule has 2 aromatic carbocycles. The van der Waals surface area contributed by atoms with Gasteiger partial charge in [-0.25, -0.2) is 4.98 Å². The van der Waals surface area contributed by atoms with Crippen LogP contribution in [0.25, 0.3) is 10.2 Å². The summed E-state index contributed by atoms with van der Waals surface area (Å²) < 4.78 is 1.14. The predicted molar refractivity (Wildman–Crippen MR) is 110 cm³/mol. The van der Waals surface area contributed by atoms with Crippen LogP contribution in [-0.4, -0.2) is 38.1 Å². The molecule has 0 saturated carbocycles. The van der Waals surface area contributed by atoms with E-state index in [9.17, 15) is 4.79 Å². The van der Waals surface area contributed by atoms with E-state index in [0.717, 1.165) is 33.9 Å². The molecule has 0 fully saturated rings. The third-order valence-electron chi connectivity index (χ3n) is 4.43. The maximum Gasteiger partial charge on any atom is 0.260 e. The van der Waals surface area contributed by atoms with Gasteiger partial charge in [0, 0.05) is 5.56 Å². The number of thiazole rings is 1. The van der Waals surface area contributed by atoms with Crippen molar-refractivity contribution in [3.63, 3.8) is 0 Å². The van der Waals surface area contributed by atoms with Crippen molar-refractivity contribution < 1.29 is 9.69 Å². The fourth-order valence-corrected chi connectivity index (χ4v) is 3.90. The summed E-state index contributed by atoms with van der Waals surface area (Å²) >= 11 is 1.60. The molecule has 4 nitrogen and oxygen atoms in total. The first-order valence-corrected chi connectivity index (χ1v) is 9.86. The maximum atomic E-state index is 13.2. The maximum absolute atomic E-state index is 13.2. The van der Waals surface area contributed by atoms with Crippen molar-refractivity contribution in [2.24, 2.45) is 0 Å². The van der Waals surface area contributed by atoms with Crippen molar-refractivity contribution in [1.29, 1.82) is 0 Å². The molecule has 0 spiro atoms. The van der Waals surface area contributed by atoms with Crippen molar-refractivity contribution in [1.82, 2.24) is 4.98 Å². The van der Waals surface area contributed by atoms with Crippen LogP contribution >= 0.6 is 11.3 Å². The van der Waals surface area contributed by atoms with Gasteiger partial charge in [0.1, 0.15) is 0 Å². The number of hydrogen-bond donors (Lipinski definition) is 1. The lowest BCUT2D eigenvalue weighted by molar-refractivity contribution is -0.856. The van der Waals surface area contributed by atoms with Crippen LogP contribution in [0.1, 0.15) is 28.4 Å². The SMILES string of the molecule is CCc1ccc2nc(N(CC[NH+](C)C)C(=O)c3cccc(C)c3)sc2c1. The van der Waals surface area contributed by atoms with Gasteiger partial charge in [-0.3, -0.25) is 9.69 Å². The second kappa shape index (κ2) is 7.98. The fourth-order valence-electron chi connectivity index (χ4n) is 2.85. The summed E-state index contributed by atoms with van der Waals surface area (Å²) in [5.74, 6) is 0.0183. The van der Waals surface area contributed by atoms with Crippen molar-refractivity contribution >= 4 is 32.6 Å². The van der Waals surface area contributed by atoms with E-state index >= 15 is 0 Å². The monoisotopic (exact) mass is 368 g/mol. The standard InChI is InChI=1S/C21H25N3OS/c1-5-16-9-10-18-19(14-16)26-21(22-18)24(12-11-23(3)4)20(25)17-8-6-7-15(2)13-17/h6-10,13-14H,5,11-12H2,1-4H3/p+1. The first-order valence-electron chi connectivity index (χ1n) is 9.05. The first kappa shape index (κ1) is 18.5. The largest absolute Gasteiger partial charge is 0.338 e. The molecule has 1 aromatic heterocycles. The molecule has 0 unspecified atom stereocenters. The molecular weight excluding hydrogens is 342 g/mol. The van der Waals surface area contributed by atoms with Crippen LogP contribution in [0.3, 0.4) is 0 Å². The van der Waals surface area contributed by atoms with Crippen LogP contribution in [0.5, 0.6) is 0 Å². The second-order valence-corrected chi connectivity index (χ2v) is 7.94. The Hall–Kier alpha value is -2.24. The summed E-state index contributed by atoms with van der Waals surface area (Å²) in [5.41, 5.74) is 4.06. The number of quaternary nitrogens is 1. The van der Waals surface area contributed by atoms with Crippen molar-refractivity contribution in [3.8, 4) is 0 Å². The minimum absolute atomic E-state index is 0.0183. The summed E-state index contributed by atoms with van der Waals surface area (Å²) in [7, 11) is 4.20. The number of aryl methyl sites for hydroxylation is 2. The Kier molecular flexibility index (Phi) is 5.69. The number of carbonyl (C=O) groups excluding carboxylic acids is 1. The summed E-state index contributed by atoms with van der Waals surface area (Å²) in [4.78, 5) is 21.1. The number of amides is 1. The molecular formula is C21H26N3OS+. The summed E-state index contributed by atoms with van der Waals surface area (Å²) in [6.07, 6.45) is 0.999. The Morgan fingerprint density at radius 2 is 2.00 bits per heavy atom. The summed E-state index contributed by atoms with van der Waals surface area (Å²) in [6, 6.07) is 14.1. The number of carbonyl (C=O) groups is 1. The van der Waals surface area contributed by atoms with Crippen LogP contribution in [-0.2, 0) is 6.42 Å². The lowest BCUT2D eigenvalue weighted by atomic mass is 10.1. The number of anilines is 1. The lowest BCUT2D eigenvalue weighted by Gasteiger charge is -2.21. The van der Waals surface area contributed by atoms with E-state index < -0.39 is 0 Å². The molecule has 0 radical (unpaired) electrons. The average Bonchev–Trinajstić information content (AvgIpc) is 3.04. The molecule has 26 heavy (non-hydrogen) atoms. The number of benzene rings is 2. The third kappa shape index (κ3) is 4.11. The van der Waals surface area contributed by atoms with E-state index in [2.05, 4.69) is 39.2 Å². The third-order valence-corrected chi connectivity index (χ3v) is 5.47. The normalized spacial score (nSPS) is 11.3. The highest BCUT2D eigenvalue weighted by molar-refractivity contribution is 7.22. The minimum atomic E-state index is 0.0183. The molecule has 5 heteroatoms. The number of nitrogens with one attached hydrogen (secondary N) is 1. The number of fused-ring (bicyclic) bond motifs is 1. The molecule has 0 bridgehead atoms. The first-order chi connectivity index (χ1) is 12.5. The fraction of sp³-hybridized carbons (Fsp3) is 0.333. The van der Waals surface area contributed by atoms with Gasteiger partial charge in [0.05, 0.1) is 37.4 Å². The number of hydrogen-bond acceptors (Lipinski definition) is 3. The Bertz CT molecular complexity index is 917.